The lowest BCUT2D eigenvalue weighted by Crippen LogP contribution is -2.59. The average molecular weight is 308 g/mol. The van der Waals surface area contributed by atoms with Crippen LogP contribution in [0.25, 0.3) is 0 Å². The fourth-order valence-corrected chi connectivity index (χ4v) is 5.97. The van der Waals surface area contributed by atoms with Gasteiger partial charge in [0.1, 0.15) is 5.78 Å². The number of carbonyl (C=O) groups excluding carboxylic acids is 1. The lowest BCUT2D eigenvalue weighted by Gasteiger charge is -2.54. The highest BCUT2D eigenvalue weighted by atomic mass is 16.8. The molecule has 0 spiro atoms. The highest BCUT2D eigenvalue weighted by Crippen LogP contribution is 2.60. The van der Waals surface area contributed by atoms with Crippen molar-refractivity contribution < 1.29 is 19.4 Å². The number of rotatable bonds is 0. The number of Topliss-reactive ketones (excluding diaryl/α,β-unsaturated/α-hetero) is 1. The van der Waals surface area contributed by atoms with Gasteiger partial charge in [0.15, 0.2) is 5.79 Å². The lowest BCUT2D eigenvalue weighted by atomic mass is 9.53. The van der Waals surface area contributed by atoms with Crippen LogP contribution in [0.5, 0.6) is 0 Å². The topological polar surface area (TPSA) is 55.8 Å². The van der Waals surface area contributed by atoms with Crippen molar-refractivity contribution >= 4 is 5.78 Å². The predicted octanol–water partition coefficient (Wildman–Crippen LogP) is 2.53. The fraction of sp³-hybridized carbons (Fsp3) is 0.944. The van der Waals surface area contributed by atoms with E-state index in [1.54, 1.807) is 0 Å². The number of hydrogen-bond acceptors (Lipinski definition) is 4. The first-order chi connectivity index (χ1) is 10.2. The molecule has 0 radical (unpaired) electrons. The van der Waals surface area contributed by atoms with Crippen LogP contribution in [0.2, 0.25) is 0 Å². The number of carbonyl (C=O) groups is 1. The Kier molecular flexibility index (Phi) is 3.12. The monoisotopic (exact) mass is 308 g/mol. The quantitative estimate of drug-likeness (QED) is 0.747. The SMILES string of the molecule is CC1C(O)C2CC[C@]3(C)C(=O)CC[C@H]3C2[C@H]2OC(C)(C)O[C@H]12. The molecule has 1 saturated heterocycles. The number of aliphatic hydroxyl groups is 1. The minimum absolute atomic E-state index is 0.0222. The summed E-state index contributed by atoms with van der Waals surface area (Å²) in [5, 5.41) is 10.8. The Hall–Kier alpha value is -0.450. The summed E-state index contributed by atoms with van der Waals surface area (Å²) >= 11 is 0. The first-order valence-electron chi connectivity index (χ1n) is 8.81. The van der Waals surface area contributed by atoms with Gasteiger partial charge in [-0.1, -0.05) is 13.8 Å². The lowest BCUT2D eigenvalue weighted by molar-refractivity contribution is -0.163. The second-order valence-corrected chi connectivity index (χ2v) is 8.68. The predicted molar refractivity (Wildman–Crippen MR) is 81.0 cm³/mol. The molecule has 3 aliphatic carbocycles. The number of fused-ring (bicyclic) bond motifs is 5. The standard InChI is InChI=1S/C18H28O4/c1-9-14(20)10-7-8-18(4)11(5-6-12(18)19)13(10)16-15(9)21-17(2,3)22-16/h9-11,13-16,20H,5-8H2,1-4H3/t9?,10?,11-,13?,14?,15+,16+,18-/m0/s1. The molecule has 4 unspecified atom stereocenters. The Bertz CT molecular complexity index is 501. The molecular weight excluding hydrogens is 280 g/mol. The van der Waals surface area contributed by atoms with Crippen LogP contribution in [0.15, 0.2) is 0 Å². The van der Waals surface area contributed by atoms with Gasteiger partial charge >= 0.3 is 0 Å². The molecule has 0 aromatic carbocycles. The number of ether oxygens (including phenoxy) is 2. The maximum absolute atomic E-state index is 12.4. The van der Waals surface area contributed by atoms with Gasteiger partial charge in [0.2, 0.25) is 0 Å². The van der Waals surface area contributed by atoms with Crippen molar-refractivity contribution in [2.75, 3.05) is 0 Å². The molecule has 3 saturated carbocycles. The van der Waals surface area contributed by atoms with Crippen molar-refractivity contribution in [1.82, 2.24) is 0 Å². The van der Waals surface area contributed by atoms with Crippen LogP contribution < -0.4 is 0 Å². The molecule has 8 atom stereocenters. The van der Waals surface area contributed by atoms with E-state index in [1.807, 2.05) is 13.8 Å². The highest BCUT2D eigenvalue weighted by Gasteiger charge is 2.64. The normalized spacial score (nSPS) is 56.4. The van der Waals surface area contributed by atoms with E-state index in [4.69, 9.17) is 9.47 Å². The summed E-state index contributed by atoms with van der Waals surface area (Å²) in [5.74, 6) is 0.759. The van der Waals surface area contributed by atoms with Crippen LogP contribution >= 0.6 is 0 Å². The number of hydrogen-bond donors (Lipinski definition) is 1. The summed E-state index contributed by atoms with van der Waals surface area (Å²) in [4.78, 5) is 12.4. The van der Waals surface area contributed by atoms with Crippen molar-refractivity contribution in [3.8, 4) is 0 Å². The zero-order valence-corrected chi connectivity index (χ0v) is 14.0. The zero-order chi connectivity index (χ0) is 15.9. The Morgan fingerprint density at radius 3 is 2.55 bits per heavy atom. The van der Waals surface area contributed by atoms with Gasteiger partial charge in [-0.25, -0.2) is 0 Å². The van der Waals surface area contributed by atoms with E-state index >= 15 is 0 Å². The molecule has 4 heteroatoms. The summed E-state index contributed by atoms with van der Waals surface area (Å²) in [6.07, 6.45) is 3.12. The van der Waals surface area contributed by atoms with Crippen LogP contribution in [-0.2, 0) is 14.3 Å². The van der Waals surface area contributed by atoms with Crippen LogP contribution in [0.1, 0.15) is 53.4 Å². The van der Waals surface area contributed by atoms with Crippen LogP contribution in [0.3, 0.4) is 0 Å². The van der Waals surface area contributed by atoms with E-state index in [1.165, 1.54) is 0 Å². The van der Waals surface area contributed by atoms with E-state index in [0.717, 1.165) is 19.3 Å². The van der Waals surface area contributed by atoms with Gasteiger partial charge in [-0.15, -0.1) is 0 Å². The van der Waals surface area contributed by atoms with Crippen LogP contribution in [0.4, 0.5) is 0 Å². The molecular formula is C18H28O4. The van der Waals surface area contributed by atoms with Gasteiger partial charge in [-0.3, -0.25) is 4.79 Å². The largest absolute Gasteiger partial charge is 0.392 e. The molecule has 0 aromatic heterocycles. The summed E-state index contributed by atoms with van der Waals surface area (Å²) in [6, 6.07) is 0. The average Bonchev–Trinajstić information content (AvgIpc) is 2.93. The molecule has 4 fully saturated rings. The van der Waals surface area contributed by atoms with Gasteiger partial charge in [-0.05, 0) is 50.9 Å². The smallest absolute Gasteiger partial charge is 0.163 e. The van der Waals surface area contributed by atoms with Crippen LogP contribution in [0, 0.1) is 29.1 Å². The molecule has 4 rings (SSSR count). The third-order valence-electron chi connectivity index (χ3n) is 7.13. The van der Waals surface area contributed by atoms with E-state index in [0.29, 0.717) is 18.1 Å². The Morgan fingerprint density at radius 1 is 1.14 bits per heavy atom. The molecule has 1 N–H and O–H groups in total. The minimum Gasteiger partial charge on any atom is -0.392 e. The molecule has 0 amide bonds. The molecule has 4 aliphatic rings. The second-order valence-electron chi connectivity index (χ2n) is 8.68. The van der Waals surface area contributed by atoms with E-state index < -0.39 is 5.79 Å². The summed E-state index contributed by atoms with van der Waals surface area (Å²) in [6.45, 7) is 8.14. The van der Waals surface area contributed by atoms with Gasteiger partial charge in [0, 0.05) is 17.8 Å². The highest BCUT2D eigenvalue weighted by molar-refractivity contribution is 5.87. The van der Waals surface area contributed by atoms with Crippen molar-refractivity contribution in [3.63, 3.8) is 0 Å². The molecule has 1 heterocycles. The Labute approximate surface area is 132 Å². The van der Waals surface area contributed by atoms with Gasteiger partial charge < -0.3 is 14.6 Å². The Morgan fingerprint density at radius 2 is 1.82 bits per heavy atom. The molecule has 22 heavy (non-hydrogen) atoms. The van der Waals surface area contributed by atoms with Gasteiger partial charge in [0.25, 0.3) is 0 Å². The van der Waals surface area contributed by atoms with Gasteiger partial charge in [0.05, 0.1) is 18.3 Å². The number of aliphatic hydroxyl groups excluding tert-OH is 1. The molecule has 124 valence electrons. The van der Waals surface area contributed by atoms with Crippen molar-refractivity contribution in [1.29, 1.82) is 0 Å². The third kappa shape index (κ3) is 1.83. The molecule has 1 aliphatic heterocycles. The van der Waals surface area contributed by atoms with Crippen LogP contribution in [-0.4, -0.2) is 35.0 Å². The second kappa shape index (κ2) is 4.55. The van der Waals surface area contributed by atoms with Crippen molar-refractivity contribution in [2.45, 2.75) is 77.5 Å². The van der Waals surface area contributed by atoms with Crippen molar-refractivity contribution in [3.05, 3.63) is 0 Å². The zero-order valence-electron chi connectivity index (χ0n) is 14.0. The first-order valence-corrected chi connectivity index (χ1v) is 8.81. The fourth-order valence-electron chi connectivity index (χ4n) is 5.97. The van der Waals surface area contributed by atoms with E-state index in [-0.39, 0.29) is 41.5 Å². The first kappa shape index (κ1) is 15.1. The van der Waals surface area contributed by atoms with E-state index in [2.05, 4.69) is 13.8 Å². The summed E-state index contributed by atoms with van der Waals surface area (Å²) in [5.41, 5.74) is -0.206. The molecule has 0 aromatic rings. The maximum Gasteiger partial charge on any atom is 0.163 e. The molecule has 0 bridgehead atoms. The maximum atomic E-state index is 12.4. The van der Waals surface area contributed by atoms with E-state index in [9.17, 15) is 9.90 Å². The van der Waals surface area contributed by atoms with Gasteiger partial charge in [-0.2, -0.15) is 0 Å². The minimum atomic E-state index is -0.589. The summed E-state index contributed by atoms with van der Waals surface area (Å²) in [7, 11) is 0. The Balaban J connectivity index is 1.73. The molecule has 4 nitrogen and oxygen atoms in total. The third-order valence-corrected chi connectivity index (χ3v) is 7.13. The number of ketones is 1. The summed E-state index contributed by atoms with van der Waals surface area (Å²) < 4.78 is 12.4. The van der Waals surface area contributed by atoms with Crippen molar-refractivity contribution in [2.24, 2.45) is 29.1 Å².